The van der Waals surface area contributed by atoms with Crippen molar-refractivity contribution in [3.63, 3.8) is 0 Å². The number of hydrogen-bond donors (Lipinski definition) is 1. The maximum atomic E-state index is 6.21. The second-order valence-corrected chi connectivity index (χ2v) is 7.65. The van der Waals surface area contributed by atoms with Crippen LogP contribution in [0.1, 0.15) is 33.1 Å². The van der Waals surface area contributed by atoms with Gasteiger partial charge in [-0.25, -0.2) is 0 Å². The van der Waals surface area contributed by atoms with E-state index in [0.29, 0.717) is 6.04 Å². The van der Waals surface area contributed by atoms with Gasteiger partial charge in [-0.3, -0.25) is 0 Å². The summed E-state index contributed by atoms with van der Waals surface area (Å²) in [6.45, 7) is 6.76. The lowest BCUT2D eigenvalue weighted by molar-refractivity contribution is 0.252. The Morgan fingerprint density at radius 1 is 1.45 bits per heavy atom. The van der Waals surface area contributed by atoms with Crippen molar-refractivity contribution in [2.75, 3.05) is 18.0 Å². The highest BCUT2D eigenvalue weighted by atomic mass is 79.9. The van der Waals surface area contributed by atoms with E-state index < -0.39 is 0 Å². The highest BCUT2D eigenvalue weighted by molar-refractivity contribution is 9.10. The SMILES string of the molecule is CCC1CNC(C)(C2CC2)CN1c1cc(Cl)ccc1Br. The molecule has 4 heteroatoms. The number of nitrogens with zero attached hydrogens (tertiary/aromatic N) is 1. The Morgan fingerprint density at radius 3 is 2.85 bits per heavy atom. The minimum absolute atomic E-state index is 0.243. The van der Waals surface area contributed by atoms with Gasteiger partial charge in [-0.05, 0) is 66.2 Å². The molecule has 0 spiro atoms. The number of piperazine rings is 1. The van der Waals surface area contributed by atoms with E-state index in [-0.39, 0.29) is 5.54 Å². The summed E-state index contributed by atoms with van der Waals surface area (Å²) in [4.78, 5) is 2.55. The minimum atomic E-state index is 0.243. The summed E-state index contributed by atoms with van der Waals surface area (Å²) in [6, 6.07) is 6.63. The molecule has 0 aromatic heterocycles. The summed E-state index contributed by atoms with van der Waals surface area (Å²) in [5.41, 5.74) is 1.48. The van der Waals surface area contributed by atoms with Crippen LogP contribution in [0.5, 0.6) is 0 Å². The lowest BCUT2D eigenvalue weighted by Crippen LogP contribution is -2.64. The molecule has 0 amide bonds. The van der Waals surface area contributed by atoms with E-state index in [2.05, 4.69) is 52.1 Å². The zero-order valence-corrected chi connectivity index (χ0v) is 14.5. The van der Waals surface area contributed by atoms with Gasteiger partial charge in [-0.1, -0.05) is 18.5 Å². The number of nitrogens with one attached hydrogen (secondary N) is 1. The van der Waals surface area contributed by atoms with E-state index in [4.69, 9.17) is 11.6 Å². The van der Waals surface area contributed by atoms with Gasteiger partial charge in [-0.15, -0.1) is 0 Å². The molecule has 3 rings (SSSR count). The van der Waals surface area contributed by atoms with Crippen molar-refractivity contribution < 1.29 is 0 Å². The van der Waals surface area contributed by atoms with E-state index in [1.807, 2.05) is 6.07 Å². The predicted octanol–water partition coefficient (Wildman–Crippen LogP) is 4.46. The van der Waals surface area contributed by atoms with Crippen LogP contribution in [0.15, 0.2) is 22.7 Å². The third kappa shape index (κ3) is 2.72. The molecule has 1 aliphatic carbocycles. The molecule has 1 N–H and O–H groups in total. The normalized spacial score (nSPS) is 30.6. The maximum absolute atomic E-state index is 6.21. The first-order valence-corrected chi connectivity index (χ1v) is 8.67. The maximum Gasteiger partial charge on any atom is 0.0529 e. The minimum Gasteiger partial charge on any atom is -0.364 e. The monoisotopic (exact) mass is 356 g/mol. The summed E-state index contributed by atoms with van der Waals surface area (Å²) in [5.74, 6) is 0.834. The largest absolute Gasteiger partial charge is 0.364 e. The van der Waals surface area contributed by atoms with Crippen LogP contribution in [-0.4, -0.2) is 24.7 Å². The summed E-state index contributed by atoms with van der Waals surface area (Å²) in [7, 11) is 0. The molecule has 2 aliphatic rings. The van der Waals surface area contributed by atoms with Gasteiger partial charge in [0.2, 0.25) is 0 Å². The first-order valence-electron chi connectivity index (χ1n) is 7.50. The number of anilines is 1. The van der Waals surface area contributed by atoms with E-state index in [9.17, 15) is 0 Å². The van der Waals surface area contributed by atoms with Crippen molar-refractivity contribution >= 4 is 33.2 Å². The quantitative estimate of drug-likeness (QED) is 0.859. The standard InChI is InChI=1S/C16H22BrClN2/c1-3-13-9-19-16(2,11-4-5-11)10-20(13)15-8-12(18)6-7-14(15)17/h6-8,11,13,19H,3-5,9-10H2,1-2H3. The van der Waals surface area contributed by atoms with Gasteiger partial charge in [0.15, 0.2) is 0 Å². The topological polar surface area (TPSA) is 15.3 Å². The molecular formula is C16H22BrClN2. The van der Waals surface area contributed by atoms with E-state index in [1.165, 1.54) is 18.5 Å². The highest BCUT2D eigenvalue weighted by Crippen LogP contribution is 2.43. The van der Waals surface area contributed by atoms with Crippen molar-refractivity contribution in [1.82, 2.24) is 5.32 Å². The fourth-order valence-corrected chi connectivity index (χ4v) is 3.99. The average molecular weight is 358 g/mol. The molecular weight excluding hydrogens is 336 g/mol. The van der Waals surface area contributed by atoms with Crippen LogP contribution in [0, 0.1) is 5.92 Å². The molecule has 0 bridgehead atoms. The van der Waals surface area contributed by atoms with E-state index >= 15 is 0 Å². The number of halogens is 2. The highest BCUT2D eigenvalue weighted by Gasteiger charge is 2.46. The molecule has 1 saturated carbocycles. The molecule has 2 atom stereocenters. The fraction of sp³-hybridized carbons (Fsp3) is 0.625. The van der Waals surface area contributed by atoms with Crippen LogP contribution in [0.2, 0.25) is 5.02 Å². The number of hydrogen-bond acceptors (Lipinski definition) is 2. The second kappa shape index (κ2) is 5.51. The summed E-state index contributed by atoms with van der Waals surface area (Å²) >= 11 is 9.90. The summed E-state index contributed by atoms with van der Waals surface area (Å²) < 4.78 is 1.14. The first-order chi connectivity index (χ1) is 9.53. The van der Waals surface area contributed by atoms with E-state index in [0.717, 1.165) is 34.9 Å². The van der Waals surface area contributed by atoms with Gasteiger partial charge in [0.1, 0.15) is 0 Å². The Balaban J connectivity index is 1.92. The summed E-state index contributed by atoms with van der Waals surface area (Å²) in [5, 5.41) is 4.61. The predicted molar refractivity (Wildman–Crippen MR) is 89.7 cm³/mol. The molecule has 20 heavy (non-hydrogen) atoms. The molecule has 1 aromatic carbocycles. The number of benzene rings is 1. The first kappa shape index (κ1) is 14.7. The van der Waals surface area contributed by atoms with Crippen LogP contribution in [0.4, 0.5) is 5.69 Å². The van der Waals surface area contributed by atoms with Crippen LogP contribution in [0.25, 0.3) is 0 Å². The number of rotatable bonds is 3. The molecule has 1 heterocycles. The van der Waals surface area contributed by atoms with Gasteiger partial charge in [0.05, 0.1) is 5.69 Å². The van der Waals surface area contributed by atoms with E-state index in [1.54, 1.807) is 0 Å². The van der Waals surface area contributed by atoms with Crippen molar-refractivity contribution in [2.45, 2.75) is 44.7 Å². The Hall–Kier alpha value is -0.250. The molecule has 2 nitrogen and oxygen atoms in total. The van der Waals surface area contributed by atoms with Gasteiger partial charge < -0.3 is 10.2 Å². The Labute approximate surface area is 135 Å². The third-order valence-electron chi connectivity index (χ3n) is 4.85. The Kier molecular flexibility index (Phi) is 4.04. The summed E-state index contributed by atoms with van der Waals surface area (Å²) in [6.07, 6.45) is 3.88. The fourth-order valence-electron chi connectivity index (χ4n) is 3.35. The van der Waals surface area contributed by atoms with Crippen LogP contribution in [-0.2, 0) is 0 Å². The molecule has 2 fully saturated rings. The lowest BCUT2D eigenvalue weighted by atomic mass is 9.90. The Morgan fingerprint density at radius 2 is 2.20 bits per heavy atom. The molecule has 1 aromatic rings. The van der Waals surface area contributed by atoms with Gasteiger partial charge in [0, 0.05) is 34.2 Å². The van der Waals surface area contributed by atoms with Crippen LogP contribution < -0.4 is 10.2 Å². The molecule has 110 valence electrons. The molecule has 1 aliphatic heterocycles. The molecule has 0 radical (unpaired) electrons. The average Bonchev–Trinajstić information content (AvgIpc) is 3.26. The lowest BCUT2D eigenvalue weighted by Gasteiger charge is -2.48. The Bertz CT molecular complexity index is 503. The smallest absolute Gasteiger partial charge is 0.0529 e. The van der Waals surface area contributed by atoms with Gasteiger partial charge in [-0.2, -0.15) is 0 Å². The second-order valence-electron chi connectivity index (χ2n) is 6.36. The van der Waals surface area contributed by atoms with Crippen molar-refractivity contribution in [3.05, 3.63) is 27.7 Å². The van der Waals surface area contributed by atoms with Crippen molar-refractivity contribution in [1.29, 1.82) is 0 Å². The van der Waals surface area contributed by atoms with Gasteiger partial charge in [0.25, 0.3) is 0 Å². The zero-order chi connectivity index (χ0) is 14.3. The zero-order valence-electron chi connectivity index (χ0n) is 12.1. The molecule has 2 unspecified atom stereocenters. The van der Waals surface area contributed by atoms with Crippen molar-refractivity contribution in [2.24, 2.45) is 5.92 Å². The van der Waals surface area contributed by atoms with Crippen LogP contribution in [0.3, 0.4) is 0 Å². The third-order valence-corrected chi connectivity index (χ3v) is 5.75. The van der Waals surface area contributed by atoms with Gasteiger partial charge >= 0.3 is 0 Å². The van der Waals surface area contributed by atoms with Crippen LogP contribution >= 0.6 is 27.5 Å². The molecule has 1 saturated heterocycles. The van der Waals surface area contributed by atoms with Crippen molar-refractivity contribution in [3.8, 4) is 0 Å².